The van der Waals surface area contributed by atoms with Crippen molar-refractivity contribution in [3.63, 3.8) is 0 Å². The zero-order valence-electron chi connectivity index (χ0n) is 8.35. The summed E-state index contributed by atoms with van der Waals surface area (Å²) in [4.78, 5) is 17.4. The molecule has 0 spiro atoms. The van der Waals surface area contributed by atoms with Crippen molar-refractivity contribution in [1.82, 2.24) is 20.2 Å². The molecule has 6 nitrogen and oxygen atoms in total. The molecule has 0 bridgehead atoms. The second-order valence-corrected chi connectivity index (χ2v) is 3.68. The Hall–Kier alpha value is -2.21. The summed E-state index contributed by atoms with van der Waals surface area (Å²) in [7, 11) is 0. The van der Waals surface area contributed by atoms with Crippen molar-refractivity contribution in [3.05, 3.63) is 40.2 Å². The van der Waals surface area contributed by atoms with E-state index in [2.05, 4.69) is 20.2 Å². The fourth-order valence-corrected chi connectivity index (χ4v) is 1.72. The first kappa shape index (κ1) is 9.98. The largest absolute Gasteiger partial charge is 0.417 e. The van der Waals surface area contributed by atoms with Crippen LogP contribution in [0.2, 0.25) is 5.15 Å². The molecule has 0 saturated heterocycles. The topological polar surface area (TPSA) is 84.7 Å². The molecule has 0 fully saturated rings. The third-order valence-electron chi connectivity index (χ3n) is 2.27. The van der Waals surface area contributed by atoms with E-state index < -0.39 is 5.76 Å². The minimum atomic E-state index is -0.500. The lowest BCUT2D eigenvalue weighted by molar-refractivity contribution is 0.555. The van der Waals surface area contributed by atoms with Gasteiger partial charge in [0.2, 0.25) is 0 Å². The van der Waals surface area contributed by atoms with Gasteiger partial charge in [0, 0.05) is 5.56 Å². The van der Waals surface area contributed by atoms with E-state index in [1.54, 1.807) is 18.2 Å². The van der Waals surface area contributed by atoms with Crippen molar-refractivity contribution in [2.24, 2.45) is 0 Å². The van der Waals surface area contributed by atoms with Gasteiger partial charge in [-0.3, -0.25) is 4.98 Å². The van der Waals surface area contributed by atoms with Gasteiger partial charge >= 0.3 is 5.76 Å². The molecule has 7 heteroatoms. The zero-order chi connectivity index (χ0) is 11.8. The SMILES string of the molecule is O=c1[nH]c2ccc(-c3nncnc3Cl)cc2o1. The number of hydrogen-bond acceptors (Lipinski definition) is 5. The molecule has 0 aliphatic heterocycles. The summed E-state index contributed by atoms with van der Waals surface area (Å²) in [5.74, 6) is -0.500. The smallest absolute Gasteiger partial charge is 0.408 e. The summed E-state index contributed by atoms with van der Waals surface area (Å²) in [5.41, 5.74) is 2.19. The van der Waals surface area contributed by atoms with E-state index >= 15 is 0 Å². The number of oxazole rings is 1. The summed E-state index contributed by atoms with van der Waals surface area (Å²) in [6.07, 6.45) is 1.26. The first-order valence-electron chi connectivity index (χ1n) is 4.70. The van der Waals surface area contributed by atoms with Crippen LogP contribution in [0.3, 0.4) is 0 Å². The molecule has 17 heavy (non-hydrogen) atoms. The quantitative estimate of drug-likeness (QED) is 0.707. The maximum absolute atomic E-state index is 11.0. The summed E-state index contributed by atoms with van der Waals surface area (Å²) < 4.78 is 4.95. The maximum atomic E-state index is 11.0. The second kappa shape index (κ2) is 3.67. The van der Waals surface area contributed by atoms with Crippen LogP contribution in [-0.4, -0.2) is 20.2 Å². The summed E-state index contributed by atoms with van der Waals surface area (Å²) in [6, 6.07) is 5.12. The third-order valence-corrected chi connectivity index (χ3v) is 2.55. The third kappa shape index (κ3) is 1.68. The molecule has 0 aliphatic rings. The normalized spacial score (nSPS) is 10.9. The van der Waals surface area contributed by atoms with Gasteiger partial charge in [0.05, 0.1) is 5.52 Å². The first-order chi connectivity index (χ1) is 8.24. The Bertz CT molecular complexity index is 749. The molecule has 2 aromatic heterocycles. The highest BCUT2D eigenvalue weighted by atomic mass is 35.5. The highest BCUT2D eigenvalue weighted by molar-refractivity contribution is 6.31. The number of nitrogens with zero attached hydrogens (tertiary/aromatic N) is 3. The van der Waals surface area contributed by atoms with Crippen molar-refractivity contribution in [3.8, 4) is 11.3 Å². The number of benzene rings is 1. The molecule has 0 saturated carbocycles. The van der Waals surface area contributed by atoms with Gasteiger partial charge in [-0.15, -0.1) is 10.2 Å². The predicted molar refractivity (Wildman–Crippen MR) is 60.7 cm³/mol. The first-order valence-corrected chi connectivity index (χ1v) is 5.08. The molecule has 84 valence electrons. The highest BCUT2D eigenvalue weighted by Gasteiger charge is 2.09. The number of aromatic nitrogens is 4. The van der Waals surface area contributed by atoms with E-state index in [-0.39, 0.29) is 5.15 Å². The average molecular weight is 249 g/mol. The molecule has 1 N–H and O–H groups in total. The van der Waals surface area contributed by atoms with Crippen LogP contribution < -0.4 is 5.76 Å². The molecule has 0 aliphatic carbocycles. The predicted octanol–water partition coefficient (Wildman–Crippen LogP) is 1.63. The molecule has 3 rings (SSSR count). The number of H-pyrrole nitrogens is 1. The molecule has 2 heterocycles. The summed E-state index contributed by atoms with van der Waals surface area (Å²) in [6.45, 7) is 0. The number of nitrogens with one attached hydrogen (secondary N) is 1. The standard InChI is InChI=1S/C10H5ClN4O2/c11-9-8(15-13-4-12-9)5-1-2-6-7(3-5)17-10(16)14-6/h1-4H,(H,14,16). The maximum Gasteiger partial charge on any atom is 0.417 e. The van der Waals surface area contributed by atoms with Gasteiger partial charge in [-0.2, -0.15) is 0 Å². The van der Waals surface area contributed by atoms with Gasteiger partial charge in [-0.25, -0.2) is 9.78 Å². The number of aromatic amines is 1. The Morgan fingerprint density at radius 2 is 2.24 bits per heavy atom. The van der Waals surface area contributed by atoms with Gasteiger partial charge in [-0.1, -0.05) is 17.7 Å². The lowest BCUT2D eigenvalue weighted by atomic mass is 10.1. The zero-order valence-corrected chi connectivity index (χ0v) is 9.10. The van der Waals surface area contributed by atoms with Crippen LogP contribution in [0.1, 0.15) is 0 Å². The van der Waals surface area contributed by atoms with Crippen LogP contribution >= 0.6 is 11.6 Å². The molecule has 0 radical (unpaired) electrons. The van der Waals surface area contributed by atoms with Crippen molar-refractivity contribution in [1.29, 1.82) is 0 Å². The second-order valence-electron chi connectivity index (χ2n) is 3.32. The number of hydrogen-bond donors (Lipinski definition) is 1. The number of rotatable bonds is 1. The van der Waals surface area contributed by atoms with E-state index in [1.807, 2.05) is 0 Å². The summed E-state index contributed by atoms with van der Waals surface area (Å²) in [5, 5.41) is 7.80. The average Bonchev–Trinajstić information content (AvgIpc) is 2.68. The lowest BCUT2D eigenvalue weighted by Crippen LogP contribution is -1.92. The molecule has 3 aromatic rings. The van der Waals surface area contributed by atoms with Gasteiger partial charge in [0.1, 0.15) is 12.0 Å². The van der Waals surface area contributed by atoms with Crippen molar-refractivity contribution < 1.29 is 4.42 Å². The van der Waals surface area contributed by atoms with E-state index in [9.17, 15) is 4.79 Å². The van der Waals surface area contributed by atoms with Crippen LogP contribution in [-0.2, 0) is 0 Å². The Kier molecular flexibility index (Phi) is 2.15. The molecule has 0 atom stereocenters. The Morgan fingerprint density at radius 1 is 1.35 bits per heavy atom. The fraction of sp³-hybridized carbons (Fsp3) is 0. The van der Waals surface area contributed by atoms with Crippen molar-refractivity contribution in [2.45, 2.75) is 0 Å². The molecular formula is C10H5ClN4O2. The van der Waals surface area contributed by atoms with Crippen molar-refractivity contribution in [2.75, 3.05) is 0 Å². The van der Waals surface area contributed by atoms with Crippen LogP contribution in [0.25, 0.3) is 22.4 Å². The Morgan fingerprint density at radius 3 is 3.06 bits per heavy atom. The van der Waals surface area contributed by atoms with E-state index in [0.29, 0.717) is 22.4 Å². The van der Waals surface area contributed by atoms with Crippen molar-refractivity contribution >= 4 is 22.7 Å². The minimum absolute atomic E-state index is 0.247. The van der Waals surface area contributed by atoms with Crippen LogP contribution in [0.15, 0.2) is 33.7 Å². The Labute approximate surface area is 99.3 Å². The van der Waals surface area contributed by atoms with Gasteiger partial charge < -0.3 is 4.42 Å². The minimum Gasteiger partial charge on any atom is -0.408 e. The van der Waals surface area contributed by atoms with Gasteiger partial charge in [-0.05, 0) is 12.1 Å². The number of fused-ring (bicyclic) bond motifs is 1. The molecule has 1 aromatic carbocycles. The van der Waals surface area contributed by atoms with E-state index in [4.69, 9.17) is 16.0 Å². The fourth-order valence-electron chi connectivity index (χ4n) is 1.53. The Balaban J connectivity index is 2.24. The highest BCUT2D eigenvalue weighted by Crippen LogP contribution is 2.25. The van der Waals surface area contributed by atoms with E-state index in [0.717, 1.165) is 0 Å². The molecule has 0 amide bonds. The van der Waals surface area contributed by atoms with Crippen LogP contribution in [0, 0.1) is 0 Å². The number of halogens is 1. The summed E-state index contributed by atoms with van der Waals surface area (Å²) >= 11 is 5.90. The van der Waals surface area contributed by atoms with Gasteiger partial charge in [0.15, 0.2) is 10.7 Å². The monoisotopic (exact) mass is 248 g/mol. The molecular weight excluding hydrogens is 244 g/mol. The van der Waals surface area contributed by atoms with E-state index in [1.165, 1.54) is 6.33 Å². The lowest BCUT2D eigenvalue weighted by Gasteiger charge is -2.00. The van der Waals surface area contributed by atoms with Crippen LogP contribution in [0.4, 0.5) is 0 Å². The van der Waals surface area contributed by atoms with Gasteiger partial charge in [0.25, 0.3) is 0 Å². The van der Waals surface area contributed by atoms with Crippen LogP contribution in [0.5, 0.6) is 0 Å². The molecule has 0 unspecified atom stereocenters.